The molecule has 0 heterocycles. The zero-order valence-electron chi connectivity index (χ0n) is 6.95. The Bertz CT molecular complexity index is 301. The molecule has 0 unspecified atom stereocenters. The molecule has 1 aromatic rings. The van der Waals surface area contributed by atoms with Crippen molar-refractivity contribution in [3.8, 4) is 0 Å². The summed E-state index contributed by atoms with van der Waals surface area (Å²) in [4.78, 5) is 0. The topological polar surface area (TPSA) is 0 Å². The van der Waals surface area contributed by atoms with Crippen LogP contribution in [0.15, 0.2) is 18.2 Å². The van der Waals surface area contributed by atoms with E-state index in [2.05, 4.69) is 0 Å². The molecule has 1 aromatic carbocycles. The van der Waals surface area contributed by atoms with Crippen LogP contribution in [-0.4, -0.2) is 0 Å². The summed E-state index contributed by atoms with van der Waals surface area (Å²) in [5, 5.41) is 0. The Hall–Kier alpha value is -1.06. The Morgan fingerprint density at radius 2 is 1.85 bits per heavy atom. The van der Waals surface area contributed by atoms with Gasteiger partial charge in [-0.3, -0.25) is 0 Å². The third-order valence-electron chi connectivity index (χ3n) is 1.78. The van der Waals surface area contributed by atoms with Crippen molar-refractivity contribution < 1.29 is 17.6 Å². The maximum atomic E-state index is 12.9. The van der Waals surface area contributed by atoms with E-state index in [1.54, 1.807) is 0 Å². The molecule has 0 aliphatic carbocycles. The van der Waals surface area contributed by atoms with Gasteiger partial charge in [0.1, 0.15) is 5.82 Å². The van der Waals surface area contributed by atoms with Gasteiger partial charge < -0.3 is 0 Å². The number of alkyl halides is 3. The summed E-state index contributed by atoms with van der Waals surface area (Å²) in [6.07, 6.45) is -4.42. The molecule has 0 aliphatic heterocycles. The van der Waals surface area contributed by atoms with Crippen LogP contribution >= 0.6 is 0 Å². The summed E-state index contributed by atoms with van der Waals surface area (Å²) in [5.74, 6) is -0.794. The molecule has 4 heteroatoms. The molecule has 13 heavy (non-hydrogen) atoms. The highest BCUT2D eigenvalue weighted by Crippen LogP contribution is 2.33. The maximum absolute atomic E-state index is 12.9. The molecule has 0 spiro atoms. The summed E-state index contributed by atoms with van der Waals surface area (Å²) in [5.41, 5.74) is -1.15. The van der Waals surface area contributed by atoms with E-state index in [0.29, 0.717) is 0 Å². The minimum Gasteiger partial charge on any atom is -0.207 e. The van der Waals surface area contributed by atoms with Crippen molar-refractivity contribution in [2.24, 2.45) is 0 Å². The van der Waals surface area contributed by atoms with Gasteiger partial charge in [0.05, 0.1) is 5.56 Å². The molecule has 1 rings (SSSR count). The molecule has 0 atom stereocenters. The summed E-state index contributed by atoms with van der Waals surface area (Å²) < 4.78 is 49.6. The van der Waals surface area contributed by atoms with Gasteiger partial charge in [-0.2, -0.15) is 13.2 Å². The normalized spacial score (nSPS) is 11.8. The zero-order chi connectivity index (χ0) is 10.1. The highest BCUT2D eigenvalue weighted by molar-refractivity contribution is 5.30. The molecule has 0 saturated carbocycles. The van der Waals surface area contributed by atoms with Gasteiger partial charge >= 0.3 is 6.18 Å². The first-order chi connectivity index (χ1) is 5.96. The lowest BCUT2D eigenvalue weighted by atomic mass is 10.0. The molecule has 0 saturated heterocycles. The van der Waals surface area contributed by atoms with Crippen LogP contribution in [0.2, 0.25) is 0 Å². The zero-order valence-corrected chi connectivity index (χ0v) is 6.95. The fraction of sp³-hybridized carbons (Fsp3) is 0.333. The van der Waals surface area contributed by atoms with Crippen molar-refractivity contribution in [3.63, 3.8) is 0 Å². The first-order valence-corrected chi connectivity index (χ1v) is 3.81. The Kier molecular flexibility index (Phi) is 2.59. The lowest BCUT2D eigenvalue weighted by molar-refractivity contribution is -0.138. The first kappa shape index (κ1) is 10.0. The highest BCUT2D eigenvalue weighted by Gasteiger charge is 2.33. The monoisotopic (exact) mass is 192 g/mol. The fourth-order valence-corrected chi connectivity index (χ4v) is 1.18. The van der Waals surface area contributed by atoms with Crippen LogP contribution in [0.3, 0.4) is 0 Å². The number of rotatable bonds is 1. The van der Waals surface area contributed by atoms with E-state index >= 15 is 0 Å². The van der Waals surface area contributed by atoms with Gasteiger partial charge in [-0.25, -0.2) is 4.39 Å². The average molecular weight is 192 g/mol. The molecule has 0 fully saturated rings. The van der Waals surface area contributed by atoms with Gasteiger partial charge in [0.25, 0.3) is 0 Å². The second kappa shape index (κ2) is 3.36. The van der Waals surface area contributed by atoms with Crippen LogP contribution in [-0.2, 0) is 12.6 Å². The Labute approximate surface area is 73.2 Å². The number of hydrogen-bond donors (Lipinski definition) is 0. The number of benzene rings is 1. The van der Waals surface area contributed by atoms with Gasteiger partial charge in [-0.05, 0) is 24.1 Å². The van der Waals surface area contributed by atoms with E-state index in [0.717, 1.165) is 18.2 Å². The third-order valence-corrected chi connectivity index (χ3v) is 1.78. The van der Waals surface area contributed by atoms with E-state index in [9.17, 15) is 17.6 Å². The number of halogens is 4. The minimum atomic E-state index is -4.46. The molecular formula is C9H8F4. The molecule has 0 nitrogen and oxygen atoms in total. The lowest BCUT2D eigenvalue weighted by Gasteiger charge is -2.11. The predicted octanol–water partition coefficient (Wildman–Crippen LogP) is 3.41. The van der Waals surface area contributed by atoms with E-state index in [4.69, 9.17) is 0 Å². The molecule has 72 valence electrons. The SMILES string of the molecule is CCc1c(F)cccc1C(F)(F)F. The maximum Gasteiger partial charge on any atom is 0.416 e. The van der Waals surface area contributed by atoms with Crippen molar-refractivity contribution in [3.05, 3.63) is 35.1 Å². The van der Waals surface area contributed by atoms with Crippen LogP contribution in [0.4, 0.5) is 17.6 Å². The Morgan fingerprint density at radius 1 is 1.23 bits per heavy atom. The van der Waals surface area contributed by atoms with Gasteiger partial charge in [-0.15, -0.1) is 0 Å². The van der Waals surface area contributed by atoms with Gasteiger partial charge in [0.15, 0.2) is 0 Å². The predicted molar refractivity (Wildman–Crippen MR) is 40.8 cm³/mol. The van der Waals surface area contributed by atoms with Crippen molar-refractivity contribution >= 4 is 0 Å². The van der Waals surface area contributed by atoms with Crippen molar-refractivity contribution in [2.45, 2.75) is 19.5 Å². The second-order valence-electron chi connectivity index (χ2n) is 2.62. The van der Waals surface area contributed by atoms with Crippen molar-refractivity contribution in [1.82, 2.24) is 0 Å². The summed E-state index contributed by atoms with van der Waals surface area (Å²) in [6.45, 7) is 1.49. The fourth-order valence-electron chi connectivity index (χ4n) is 1.18. The van der Waals surface area contributed by atoms with E-state index < -0.39 is 17.6 Å². The standard InChI is InChI=1S/C9H8F4/c1-2-6-7(9(11,12)13)4-3-5-8(6)10/h3-5H,2H2,1H3. The molecule has 0 radical (unpaired) electrons. The molecule has 0 aromatic heterocycles. The van der Waals surface area contributed by atoms with E-state index in [-0.39, 0.29) is 12.0 Å². The molecule has 0 amide bonds. The highest BCUT2D eigenvalue weighted by atomic mass is 19.4. The third kappa shape index (κ3) is 1.99. The average Bonchev–Trinajstić information content (AvgIpc) is 2.02. The minimum absolute atomic E-state index is 0.0432. The van der Waals surface area contributed by atoms with E-state index in [1.165, 1.54) is 6.92 Å². The molecule has 0 bridgehead atoms. The summed E-state index contributed by atoms with van der Waals surface area (Å²) >= 11 is 0. The van der Waals surface area contributed by atoms with Gasteiger partial charge in [-0.1, -0.05) is 13.0 Å². The van der Waals surface area contributed by atoms with Crippen molar-refractivity contribution in [2.75, 3.05) is 0 Å². The lowest BCUT2D eigenvalue weighted by Crippen LogP contribution is -2.10. The molecular weight excluding hydrogens is 184 g/mol. The summed E-state index contributed by atoms with van der Waals surface area (Å²) in [6, 6.07) is 2.99. The van der Waals surface area contributed by atoms with Gasteiger partial charge in [0.2, 0.25) is 0 Å². The smallest absolute Gasteiger partial charge is 0.207 e. The Balaban J connectivity index is 3.29. The quantitative estimate of drug-likeness (QED) is 0.598. The summed E-state index contributed by atoms with van der Waals surface area (Å²) in [7, 11) is 0. The van der Waals surface area contributed by atoms with Crippen LogP contribution in [0.25, 0.3) is 0 Å². The first-order valence-electron chi connectivity index (χ1n) is 3.81. The van der Waals surface area contributed by atoms with Crippen LogP contribution in [0.5, 0.6) is 0 Å². The van der Waals surface area contributed by atoms with E-state index in [1.807, 2.05) is 0 Å². The van der Waals surface area contributed by atoms with Crippen LogP contribution in [0, 0.1) is 5.82 Å². The van der Waals surface area contributed by atoms with Crippen molar-refractivity contribution in [1.29, 1.82) is 0 Å². The van der Waals surface area contributed by atoms with Crippen LogP contribution in [0.1, 0.15) is 18.1 Å². The van der Waals surface area contributed by atoms with Crippen LogP contribution < -0.4 is 0 Å². The molecule has 0 N–H and O–H groups in total. The van der Waals surface area contributed by atoms with Gasteiger partial charge in [0, 0.05) is 0 Å². The number of hydrogen-bond acceptors (Lipinski definition) is 0. The second-order valence-corrected chi connectivity index (χ2v) is 2.62. The largest absolute Gasteiger partial charge is 0.416 e. The Morgan fingerprint density at radius 3 is 2.23 bits per heavy atom. The molecule has 0 aliphatic rings.